The van der Waals surface area contributed by atoms with Crippen LogP contribution in [0.2, 0.25) is 5.02 Å². The summed E-state index contributed by atoms with van der Waals surface area (Å²) in [5.41, 5.74) is 4.23. The van der Waals surface area contributed by atoms with Crippen LogP contribution in [0.4, 0.5) is 11.4 Å². The second-order valence-corrected chi connectivity index (χ2v) is 6.16. The number of pyridine rings is 1. The number of hydrogen-bond acceptors (Lipinski definition) is 3. The number of fused-ring (bicyclic) bond motifs is 1. The van der Waals surface area contributed by atoms with Crippen LogP contribution in [0, 0.1) is 11.3 Å². The predicted octanol–water partition coefficient (Wildman–Crippen LogP) is 6.05. The normalized spacial score (nSPS) is 10.3. The maximum atomic E-state index is 9.38. The molecule has 1 aromatic heterocycles. The number of rotatable bonds is 3. The molecule has 122 valence electrons. The molecule has 0 saturated heterocycles. The van der Waals surface area contributed by atoms with Crippen molar-refractivity contribution < 1.29 is 0 Å². The van der Waals surface area contributed by atoms with Gasteiger partial charge >= 0.3 is 0 Å². The van der Waals surface area contributed by atoms with Gasteiger partial charge in [-0.1, -0.05) is 37.6 Å². The van der Waals surface area contributed by atoms with Gasteiger partial charge in [-0.05, 0) is 41.8 Å². The number of benzene rings is 2. The fourth-order valence-electron chi connectivity index (χ4n) is 2.48. The van der Waals surface area contributed by atoms with Crippen LogP contribution in [0.5, 0.6) is 0 Å². The molecule has 2 aromatic carbocycles. The third kappa shape index (κ3) is 3.62. The first kappa shape index (κ1) is 18.1. The summed E-state index contributed by atoms with van der Waals surface area (Å²) in [4.78, 5) is 4.31. The van der Waals surface area contributed by atoms with Crippen LogP contribution in [-0.4, -0.2) is 4.98 Å². The van der Waals surface area contributed by atoms with Gasteiger partial charge in [-0.2, -0.15) is 5.26 Å². The lowest BCUT2D eigenvalue weighted by Crippen LogP contribution is -1.97. The van der Waals surface area contributed by atoms with Crippen LogP contribution in [0.25, 0.3) is 10.9 Å². The van der Waals surface area contributed by atoms with Gasteiger partial charge in [-0.3, -0.25) is 4.98 Å². The molecule has 0 fully saturated rings. The number of aromatic nitrogens is 1. The molecule has 24 heavy (non-hydrogen) atoms. The summed E-state index contributed by atoms with van der Waals surface area (Å²) < 4.78 is 0. The average Bonchev–Trinajstić information content (AvgIpc) is 2.56. The lowest BCUT2D eigenvalue weighted by atomic mass is 10.0. The second kappa shape index (κ2) is 7.53. The number of anilines is 2. The van der Waals surface area contributed by atoms with E-state index in [9.17, 15) is 5.26 Å². The van der Waals surface area contributed by atoms with Crippen LogP contribution in [0.3, 0.4) is 0 Å². The Morgan fingerprint density at radius 1 is 1.12 bits per heavy atom. The molecule has 3 aromatic rings. The fraction of sp³-hybridized carbons (Fsp3) is 0.158. The highest BCUT2D eigenvalue weighted by molar-refractivity contribution is 6.31. The quantitative estimate of drug-likeness (QED) is 0.620. The van der Waals surface area contributed by atoms with E-state index in [4.69, 9.17) is 11.6 Å². The molecule has 1 heterocycles. The van der Waals surface area contributed by atoms with Gasteiger partial charge < -0.3 is 5.32 Å². The number of nitriles is 1. The van der Waals surface area contributed by atoms with Crippen molar-refractivity contribution in [2.45, 2.75) is 19.8 Å². The lowest BCUT2D eigenvalue weighted by Gasteiger charge is -2.13. The van der Waals surface area contributed by atoms with Gasteiger partial charge in [0.05, 0.1) is 16.8 Å². The Labute approximate surface area is 152 Å². The highest BCUT2D eigenvalue weighted by atomic mass is 35.5. The first-order chi connectivity index (χ1) is 11.1. The van der Waals surface area contributed by atoms with Crippen molar-refractivity contribution in [1.82, 2.24) is 4.98 Å². The van der Waals surface area contributed by atoms with Crippen molar-refractivity contribution in [1.29, 1.82) is 5.26 Å². The number of hydrogen-bond donors (Lipinski definition) is 1. The van der Waals surface area contributed by atoms with Crippen LogP contribution in [0.1, 0.15) is 30.9 Å². The largest absolute Gasteiger partial charge is 0.354 e. The molecule has 3 rings (SSSR count). The summed E-state index contributed by atoms with van der Waals surface area (Å²) in [6.07, 6.45) is 1.58. The average molecular weight is 358 g/mol. The van der Waals surface area contributed by atoms with E-state index in [1.54, 1.807) is 12.3 Å². The van der Waals surface area contributed by atoms with Gasteiger partial charge in [0.15, 0.2) is 0 Å². The minimum atomic E-state index is 0. The SMILES string of the molecule is CC(C)c1ccc(Nc2c(C#N)cnc3ccc(Cl)cc23)cc1.Cl. The van der Waals surface area contributed by atoms with E-state index in [0.717, 1.165) is 22.3 Å². The van der Waals surface area contributed by atoms with Gasteiger partial charge in [-0.25, -0.2) is 0 Å². The van der Waals surface area contributed by atoms with Crippen LogP contribution < -0.4 is 5.32 Å². The topological polar surface area (TPSA) is 48.7 Å². The Bertz CT molecular complexity index is 897. The van der Waals surface area contributed by atoms with Gasteiger partial charge in [-0.15, -0.1) is 12.4 Å². The van der Waals surface area contributed by atoms with E-state index in [0.29, 0.717) is 16.5 Å². The molecule has 0 radical (unpaired) electrons. The van der Waals surface area contributed by atoms with Gasteiger partial charge in [0.2, 0.25) is 0 Å². The highest BCUT2D eigenvalue weighted by Crippen LogP contribution is 2.31. The molecule has 0 aliphatic heterocycles. The maximum Gasteiger partial charge on any atom is 0.103 e. The van der Waals surface area contributed by atoms with E-state index in [1.807, 2.05) is 24.3 Å². The monoisotopic (exact) mass is 357 g/mol. The maximum absolute atomic E-state index is 9.38. The van der Waals surface area contributed by atoms with E-state index < -0.39 is 0 Å². The Morgan fingerprint density at radius 3 is 2.46 bits per heavy atom. The molecule has 0 atom stereocenters. The molecule has 5 heteroatoms. The molecule has 0 unspecified atom stereocenters. The zero-order chi connectivity index (χ0) is 16.4. The van der Waals surface area contributed by atoms with E-state index in [-0.39, 0.29) is 12.4 Å². The zero-order valence-corrected chi connectivity index (χ0v) is 14.9. The first-order valence-electron chi connectivity index (χ1n) is 7.44. The lowest BCUT2D eigenvalue weighted by molar-refractivity contribution is 0.867. The summed E-state index contributed by atoms with van der Waals surface area (Å²) in [5.74, 6) is 0.485. The van der Waals surface area contributed by atoms with Crippen LogP contribution in [0.15, 0.2) is 48.7 Å². The molecule has 0 aliphatic rings. The van der Waals surface area contributed by atoms with Gasteiger partial charge in [0.1, 0.15) is 6.07 Å². The van der Waals surface area contributed by atoms with Crippen LogP contribution in [-0.2, 0) is 0 Å². The third-order valence-corrected chi connectivity index (χ3v) is 4.03. The summed E-state index contributed by atoms with van der Waals surface area (Å²) in [7, 11) is 0. The predicted molar refractivity (Wildman–Crippen MR) is 103 cm³/mol. The Kier molecular flexibility index (Phi) is 5.66. The highest BCUT2D eigenvalue weighted by Gasteiger charge is 2.10. The molecule has 0 amide bonds. The molecule has 0 aliphatic carbocycles. The first-order valence-corrected chi connectivity index (χ1v) is 7.81. The third-order valence-electron chi connectivity index (χ3n) is 3.80. The minimum Gasteiger partial charge on any atom is -0.354 e. The van der Waals surface area contributed by atoms with Crippen LogP contribution >= 0.6 is 24.0 Å². The van der Waals surface area contributed by atoms with Crippen molar-refractivity contribution in [2.24, 2.45) is 0 Å². The Balaban J connectivity index is 0.00000208. The molecular weight excluding hydrogens is 341 g/mol. The Morgan fingerprint density at radius 2 is 1.83 bits per heavy atom. The zero-order valence-electron chi connectivity index (χ0n) is 13.4. The summed E-state index contributed by atoms with van der Waals surface area (Å²) in [6, 6.07) is 15.9. The van der Waals surface area contributed by atoms with Crippen molar-refractivity contribution in [3.8, 4) is 6.07 Å². The van der Waals surface area contributed by atoms with Crippen molar-refractivity contribution >= 4 is 46.3 Å². The molecular formula is C19H17Cl2N3. The minimum absolute atomic E-state index is 0. The van der Waals surface area contributed by atoms with Crippen molar-refractivity contribution in [2.75, 3.05) is 5.32 Å². The van der Waals surface area contributed by atoms with Crippen molar-refractivity contribution in [3.63, 3.8) is 0 Å². The molecule has 0 spiro atoms. The standard InChI is InChI=1S/C19H16ClN3.ClH/c1-12(2)13-3-6-16(7-4-13)23-19-14(10-21)11-22-18-8-5-15(20)9-17(18)19;/h3-9,11-12H,1-2H3,(H,22,23);1H. The smallest absolute Gasteiger partial charge is 0.103 e. The van der Waals surface area contributed by atoms with Crippen molar-refractivity contribution in [3.05, 3.63) is 64.8 Å². The fourth-order valence-corrected chi connectivity index (χ4v) is 2.65. The van der Waals surface area contributed by atoms with E-state index >= 15 is 0 Å². The molecule has 0 bridgehead atoms. The number of nitrogens with one attached hydrogen (secondary N) is 1. The summed E-state index contributed by atoms with van der Waals surface area (Å²) >= 11 is 6.11. The summed E-state index contributed by atoms with van der Waals surface area (Å²) in [6.45, 7) is 4.32. The van der Waals surface area contributed by atoms with E-state index in [1.165, 1.54) is 5.56 Å². The molecule has 0 saturated carbocycles. The van der Waals surface area contributed by atoms with E-state index in [2.05, 4.69) is 42.4 Å². The van der Waals surface area contributed by atoms with Gasteiger partial charge in [0.25, 0.3) is 0 Å². The summed E-state index contributed by atoms with van der Waals surface area (Å²) in [5, 5.41) is 14.2. The van der Waals surface area contributed by atoms with Gasteiger partial charge in [0, 0.05) is 22.3 Å². The number of halogens is 2. The molecule has 3 nitrogen and oxygen atoms in total. The molecule has 1 N–H and O–H groups in total. The number of nitrogens with zero attached hydrogens (tertiary/aromatic N) is 2. The second-order valence-electron chi connectivity index (χ2n) is 5.72. The Hall–Kier alpha value is -2.28.